The van der Waals surface area contributed by atoms with E-state index in [1.807, 2.05) is 0 Å². The van der Waals surface area contributed by atoms with E-state index >= 15 is 0 Å². The number of nitrogen functional groups attached to an aromatic ring is 1. The summed E-state index contributed by atoms with van der Waals surface area (Å²) in [6, 6.07) is 4.24. The molecule has 1 aliphatic heterocycles. The van der Waals surface area contributed by atoms with Crippen molar-refractivity contribution < 1.29 is 18.8 Å². The minimum absolute atomic E-state index is 0.162. The van der Waals surface area contributed by atoms with Crippen molar-refractivity contribution in [1.29, 1.82) is 0 Å². The number of rotatable bonds is 2. The first kappa shape index (κ1) is 12.2. The van der Waals surface area contributed by atoms with Crippen molar-refractivity contribution in [2.75, 3.05) is 12.8 Å². The lowest BCUT2D eigenvalue weighted by Gasteiger charge is -2.09. The third kappa shape index (κ3) is 1.69. The highest BCUT2D eigenvalue weighted by Gasteiger charge is 2.42. The Labute approximate surface area is 112 Å². The zero-order valence-corrected chi connectivity index (χ0v) is 10.5. The lowest BCUT2D eigenvalue weighted by molar-refractivity contribution is -0.143. The molecule has 102 valence electrons. The van der Waals surface area contributed by atoms with Gasteiger partial charge >= 0.3 is 17.8 Å². The fraction of sp³-hybridized carbons (Fsp3) is 0.167. The zero-order chi connectivity index (χ0) is 14.4. The number of hydrogen-bond donors (Lipinski definition) is 1. The van der Waals surface area contributed by atoms with Crippen LogP contribution in [-0.2, 0) is 16.1 Å². The van der Waals surface area contributed by atoms with Gasteiger partial charge in [-0.1, -0.05) is 0 Å². The molecule has 3 rings (SSSR count). The maximum absolute atomic E-state index is 11.7. The molecule has 0 saturated carbocycles. The van der Waals surface area contributed by atoms with Gasteiger partial charge in [0.15, 0.2) is 5.58 Å². The maximum atomic E-state index is 11.7. The molecule has 20 heavy (non-hydrogen) atoms. The molecule has 2 N–H and O–H groups in total. The summed E-state index contributed by atoms with van der Waals surface area (Å²) in [4.78, 5) is 40.4. The minimum Gasteiger partial charge on any atom is -0.439 e. The first-order valence-electron chi connectivity index (χ1n) is 5.76. The second kappa shape index (κ2) is 4.05. The zero-order valence-electron chi connectivity index (χ0n) is 10.5. The first-order chi connectivity index (χ1) is 9.47. The topological polar surface area (TPSA) is 110 Å². The van der Waals surface area contributed by atoms with Gasteiger partial charge in [0.2, 0.25) is 5.89 Å². The van der Waals surface area contributed by atoms with E-state index in [0.29, 0.717) is 16.8 Å². The van der Waals surface area contributed by atoms with Crippen LogP contribution in [0.25, 0.3) is 11.1 Å². The van der Waals surface area contributed by atoms with E-state index in [4.69, 9.17) is 10.2 Å². The highest BCUT2D eigenvalue weighted by Crippen LogP contribution is 2.21. The van der Waals surface area contributed by atoms with Crippen LogP contribution in [0.3, 0.4) is 0 Å². The number of nitrogens with zero attached hydrogens (tertiary/aromatic N) is 3. The molecule has 0 aliphatic carbocycles. The predicted molar refractivity (Wildman–Crippen MR) is 67.1 cm³/mol. The molecule has 0 bridgehead atoms. The number of imide groups is 2. The van der Waals surface area contributed by atoms with E-state index < -0.39 is 17.8 Å². The van der Waals surface area contributed by atoms with Gasteiger partial charge in [-0.25, -0.2) is 14.7 Å². The van der Waals surface area contributed by atoms with Gasteiger partial charge in [-0.15, -0.1) is 0 Å². The van der Waals surface area contributed by atoms with Crippen molar-refractivity contribution in [3.05, 3.63) is 24.1 Å². The molecule has 1 aliphatic rings. The van der Waals surface area contributed by atoms with Crippen LogP contribution >= 0.6 is 0 Å². The molecule has 0 unspecified atom stereocenters. The van der Waals surface area contributed by atoms with Crippen molar-refractivity contribution in [2.24, 2.45) is 0 Å². The number of nitrogens with two attached hydrogens (primary N) is 1. The second-order valence-electron chi connectivity index (χ2n) is 4.37. The summed E-state index contributed by atoms with van der Waals surface area (Å²) >= 11 is 0. The number of carbonyl (C=O) groups excluding carboxylic acids is 3. The molecule has 1 fully saturated rings. The van der Waals surface area contributed by atoms with Crippen LogP contribution in [0, 0.1) is 0 Å². The van der Waals surface area contributed by atoms with Crippen LogP contribution in [0.4, 0.5) is 10.5 Å². The van der Waals surface area contributed by atoms with Gasteiger partial charge in [0.05, 0.1) is 0 Å². The molecule has 1 aromatic heterocycles. The quantitative estimate of drug-likeness (QED) is 0.480. The summed E-state index contributed by atoms with van der Waals surface area (Å²) in [6.07, 6.45) is 0. The smallest absolute Gasteiger partial charge is 0.334 e. The summed E-state index contributed by atoms with van der Waals surface area (Å²) in [7, 11) is 1.25. The van der Waals surface area contributed by atoms with E-state index in [-0.39, 0.29) is 12.4 Å². The van der Waals surface area contributed by atoms with Crippen LogP contribution in [0.15, 0.2) is 22.6 Å². The lowest BCUT2D eigenvalue weighted by atomic mass is 10.3. The number of oxazole rings is 1. The van der Waals surface area contributed by atoms with Crippen molar-refractivity contribution in [1.82, 2.24) is 14.8 Å². The fourth-order valence-corrected chi connectivity index (χ4v) is 1.94. The molecule has 0 radical (unpaired) electrons. The Bertz CT molecular complexity index is 751. The summed E-state index contributed by atoms with van der Waals surface area (Å²) in [5.41, 5.74) is 7.16. The summed E-state index contributed by atoms with van der Waals surface area (Å²) in [5.74, 6) is -1.59. The average molecular weight is 274 g/mol. The van der Waals surface area contributed by atoms with E-state index in [1.165, 1.54) is 7.05 Å². The Kier molecular flexibility index (Phi) is 2.46. The Morgan fingerprint density at radius 3 is 2.65 bits per heavy atom. The number of carbonyl (C=O) groups is 3. The number of anilines is 1. The molecular formula is C12H10N4O4. The van der Waals surface area contributed by atoms with Gasteiger partial charge in [0.25, 0.3) is 0 Å². The molecule has 2 heterocycles. The Hall–Kier alpha value is -2.90. The number of fused-ring (bicyclic) bond motifs is 1. The third-order valence-electron chi connectivity index (χ3n) is 3.00. The number of aromatic nitrogens is 1. The van der Waals surface area contributed by atoms with Gasteiger partial charge in [0, 0.05) is 18.8 Å². The second-order valence-corrected chi connectivity index (χ2v) is 4.37. The number of amides is 4. The van der Waals surface area contributed by atoms with Crippen LogP contribution in [0.2, 0.25) is 0 Å². The van der Waals surface area contributed by atoms with Gasteiger partial charge in [-0.2, -0.15) is 0 Å². The maximum Gasteiger partial charge on any atom is 0.334 e. The Morgan fingerprint density at radius 2 is 2.00 bits per heavy atom. The monoisotopic (exact) mass is 274 g/mol. The van der Waals surface area contributed by atoms with Gasteiger partial charge in [0.1, 0.15) is 12.1 Å². The molecule has 2 aromatic rings. The van der Waals surface area contributed by atoms with Crippen LogP contribution < -0.4 is 5.73 Å². The summed E-state index contributed by atoms with van der Waals surface area (Å²) in [5, 5.41) is 0. The van der Waals surface area contributed by atoms with Crippen molar-refractivity contribution in [3.63, 3.8) is 0 Å². The van der Waals surface area contributed by atoms with Crippen molar-refractivity contribution >= 4 is 34.6 Å². The van der Waals surface area contributed by atoms with Gasteiger partial charge < -0.3 is 10.2 Å². The third-order valence-corrected chi connectivity index (χ3v) is 3.00. The van der Waals surface area contributed by atoms with Crippen molar-refractivity contribution in [3.8, 4) is 0 Å². The average Bonchev–Trinajstić information content (AvgIpc) is 2.89. The Balaban J connectivity index is 1.92. The SMILES string of the molecule is CN1C(=O)C(=O)N(Cc2nc3ccc(N)cc3o2)C1=O. The summed E-state index contributed by atoms with van der Waals surface area (Å²) in [6.45, 7) is -0.192. The highest BCUT2D eigenvalue weighted by atomic mass is 16.3. The number of hydrogen-bond acceptors (Lipinski definition) is 6. The van der Waals surface area contributed by atoms with Gasteiger partial charge in [-0.3, -0.25) is 14.5 Å². The molecule has 8 nitrogen and oxygen atoms in total. The molecule has 4 amide bonds. The van der Waals surface area contributed by atoms with Gasteiger partial charge in [-0.05, 0) is 12.1 Å². The van der Waals surface area contributed by atoms with Crippen molar-refractivity contribution in [2.45, 2.75) is 6.54 Å². The number of urea groups is 1. The molecule has 0 spiro atoms. The van der Waals surface area contributed by atoms with Crippen LogP contribution in [0.1, 0.15) is 5.89 Å². The Morgan fingerprint density at radius 1 is 1.25 bits per heavy atom. The van der Waals surface area contributed by atoms with E-state index in [0.717, 1.165) is 9.80 Å². The summed E-state index contributed by atoms with van der Waals surface area (Å²) < 4.78 is 5.41. The van der Waals surface area contributed by atoms with E-state index in [2.05, 4.69) is 4.98 Å². The predicted octanol–water partition coefficient (Wildman–Crippen LogP) is 0.331. The van der Waals surface area contributed by atoms with E-state index in [9.17, 15) is 14.4 Å². The number of likely N-dealkylation sites (N-methyl/N-ethyl adjacent to an activating group) is 1. The lowest BCUT2D eigenvalue weighted by Crippen LogP contribution is -2.31. The molecule has 1 saturated heterocycles. The first-order valence-corrected chi connectivity index (χ1v) is 5.76. The number of benzene rings is 1. The van der Waals surface area contributed by atoms with Crippen LogP contribution in [-0.4, -0.2) is 39.7 Å². The highest BCUT2D eigenvalue weighted by molar-refractivity contribution is 6.44. The molecular weight excluding hydrogens is 264 g/mol. The molecule has 8 heteroatoms. The fourth-order valence-electron chi connectivity index (χ4n) is 1.94. The van der Waals surface area contributed by atoms with E-state index in [1.54, 1.807) is 18.2 Å². The standard InChI is InChI=1S/C12H10N4O4/c1-15-10(17)11(18)16(12(15)19)5-9-14-7-3-2-6(13)4-8(7)20-9/h2-4H,5,13H2,1H3. The molecule has 1 aromatic carbocycles. The van der Waals surface area contributed by atoms with Crippen LogP contribution in [0.5, 0.6) is 0 Å². The molecule has 0 atom stereocenters. The normalized spacial score (nSPS) is 15.8. The minimum atomic E-state index is -0.890. The largest absolute Gasteiger partial charge is 0.439 e.